The molecular formula is C31H44F3N9O6. The molecule has 0 bridgehead atoms. The quantitative estimate of drug-likeness (QED) is 0.196. The number of alkyl halides is 3. The van der Waals surface area contributed by atoms with Gasteiger partial charge in [0.1, 0.15) is 16.8 Å². The van der Waals surface area contributed by atoms with Crippen LogP contribution in [0, 0.1) is 0 Å². The zero-order valence-electron chi connectivity index (χ0n) is 28.5. The minimum atomic E-state index is -4.83. The number of halogens is 3. The van der Waals surface area contributed by atoms with Crippen LogP contribution < -0.4 is 24.8 Å². The van der Waals surface area contributed by atoms with Crippen molar-refractivity contribution in [3.63, 3.8) is 0 Å². The number of fused-ring (bicyclic) bond motifs is 1. The van der Waals surface area contributed by atoms with Crippen molar-refractivity contribution in [2.24, 2.45) is 0 Å². The van der Waals surface area contributed by atoms with Crippen LogP contribution in [0.4, 0.5) is 36.7 Å². The van der Waals surface area contributed by atoms with Crippen molar-refractivity contribution in [3.8, 4) is 5.75 Å². The van der Waals surface area contributed by atoms with Crippen molar-refractivity contribution in [1.29, 1.82) is 0 Å². The zero-order valence-corrected chi connectivity index (χ0v) is 28.5. The van der Waals surface area contributed by atoms with Gasteiger partial charge >= 0.3 is 6.36 Å². The van der Waals surface area contributed by atoms with E-state index in [1.807, 2.05) is 14.7 Å². The number of likely N-dealkylation sites (N-methyl/N-ethyl adjacent to an activating group) is 1. The van der Waals surface area contributed by atoms with E-state index in [0.29, 0.717) is 106 Å². The van der Waals surface area contributed by atoms with E-state index in [4.69, 9.17) is 38.9 Å². The van der Waals surface area contributed by atoms with Crippen LogP contribution in [0.2, 0.25) is 0 Å². The number of anilines is 4. The highest BCUT2D eigenvalue weighted by molar-refractivity contribution is 5.96. The number of carbonyl (C=O) groups excluding carboxylic acids is 1. The van der Waals surface area contributed by atoms with E-state index >= 15 is 0 Å². The molecule has 1 N–H and O–H groups in total. The molecule has 1 aliphatic heterocycles. The summed E-state index contributed by atoms with van der Waals surface area (Å²) in [6, 6.07) is 5.68. The molecule has 0 unspecified atom stereocenters. The molecule has 3 heterocycles. The first kappa shape index (κ1) is 37.6. The average Bonchev–Trinajstić information content (AvgIpc) is 3.07. The second kappa shape index (κ2) is 17.9. The molecule has 0 atom stereocenters. The SMILES string of the molecule is COCCN(CCOC)c1nc(N2CCN(C)C(=O)C2)c2nc(N(CCOC)CCOC)nc(NCc3cccc(OC(F)(F)F)c3)c2n1. The van der Waals surface area contributed by atoms with Gasteiger partial charge in [-0.15, -0.1) is 13.2 Å². The first-order valence-corrected chi connectivity index (χ1v) is 15.7. The molecular weight excluding hydrogens is 651 g/mol. The number of benzene rings is 1. The summed E-state index contributed by atoms with van der Waals surface area (Å²) in [5, 5.41) is 3.27. The fourth-order valence-electron chi connectivity index (χ4n) is 5.01. The van der Waals surface area contributed by atoms with Crippen molar-refractivity contribution in [2.45, 2.75) is 12.9 Å². The number of hydrogen-bond acceptors (Lipinski definition) is 14. The highest BCUT2D eigenvalue weighted by Crippen LogP contribution is 2.32. The molecule has 0 saturated carbocycles. The lowest BCUT2D eigenvalue weighted by atomic mass is 10.2. The standard InChI is InChI=1S/C31H44F3N9O6/c1-40-9-10-43(21-24(40)44)28-26-25(36-30(39-28)42(13-17-47-4)14-18-48-5)27(38-29(37-26)41(11-15-45-2)12-16-46-3)35-20-22-7-6-8-23(19-22)49-31(32,33)34/h6-8,19H,9-18,20-21H2,1-5H3,(H,35,37,38). The van der Waals surface area contributed by atoms with Crippen LogP contribution in [0.15, 0.2) is 24.3 Å². The first-order valence-electron chi connectivity index (χ1n) is 15.7. The van der Waals surface area contributed by atoms with Crippen LogP contribution in [-0.2, 0) is 30.3 Å². The molecule has 4 rings (SSSR count). The molecule has 1 saturated heterocycles. The number of aromatic nitrogens is 4. The predicted octanol–water partition coefficient (Wildman–Crippen LogP) is 2.41. The Kier molecular flexibility index (Phi) is 13.7. The molecule has 49 heavy (non-hydrogen) atoms. The third kappa shape index (κ3) is 10.6. The summed E-state index contributed by atoms with van der Waals surface area (Å²) in [5.41, 5.74) is 1.25. The molecule has 1 fully saturated rings. The summed E-state index contributed by atoms with van der Waals surface area (Å²) < 4.78 is 64.4. The van der Waals surface area contributed by atoms with Crippen LogP contribution in [0.25, 0.3) is 11.0 Å². The van der Waals surface area contributed by atoms with Crippen LogP contribution in [-0.4, -0.2) is 145 Å². The van der Waals surface area contributed by atoms with E-state index in [1.54, 1.807) is 46.5 Å². The van der Waals surface area contributed by atoms with Crippen LogP contribution in [0.3, 0.4) is 0 Å². The Hall–Kier alpha value is -4.26. The Morgan fingerprint density at radius 1 is 0.816 bits per heavy atom. The molecule has 0 radical (unpaired) electrons. The largest absolute Gasteiger partial charge is 0.573 e. The minimum absolute atomic E-state index is 0.0728. The van der Waals surface area contributed by atoms with Crippen LogP contribution >= 0.6 is 0 Å². The van der Waals surface area contributed by atoms with Gasteiger partial charge in [0.25, 0.3) is 0 Å². The second-order valence-corrected chi connectivity index (χ2v) is 11.1. The van der Waals surface area contributed by atoms with Gasteiger partial charge in [-0.05, 0) is 17.7 Å². The van der Waals surface area contributed by atoms with Crippen LogP contribution in [0.5, 0.6) is 5.75 Å². The van der Waals surface area contributed by atoms with Gasteiger partial charge in [-0.3, -0.25) is 4.79 Å². The van der Waals surface area contributed by atoms with Gasteiger partial charge in [-0.25, -0.2) is 9.97 Å². The number of ether oxygens (including phenoxy) is 5. The Labute approximate surface area is 283 Å². The van der Waals surface area contributed by atoms with Gasteiger partial charge in [0.2, 0.25) is 17.8 Å². The summed E-state index contributed by atoms with van der Waals surface area (Å²) in [4.78, 5) is 40.0. The Morgan fingerprint density at radius 3 is 1.94 bits per heavy atom. The fraction of sp³-hybridized carbons (Fsp3) is 0.581. The monoisotopic (exact) mass is 695 g/mol. The smallest absolute Gasteiger partial charge is 0.406 e. The highest BCUT2D eigenvalue weighted by Gasteiger charge is 2.31. The van der Waals surface area contributed by atoms with Crippen LogP contribution in [0.1, 0.15) is 5.56 Å². The molecule has 15 nitrogen and oxygen atoms in total. The van der Waals surface area contributed by atoms with Gasteiger partial charge in [0, 0.05) is 81.3 Å². The number of hydrogen-bond donors (Lipinski definition) is 1. The number of nitrogens with zero attached hydrogens (tertiary/aromatic N) is 8. The number of nitrogens with one attached hydrogen (secondary N) is 1. The summed E-state index contributed by atoms with van der Waals surface area (Å²) in [6.45, 7) is 4.42. The van der Waals surface area contributed by atoms with E-state index in [9.17, 15) is 18.0 Å². The lowest BCUT2D eigenvalue weighted by Crippen LogP contribution is -2.49. The molecule has 1 aromatic carbocycles. The molecule has 270 valence electrons. The van der Waals surface area contributed by atoms with Gasteiger partial charge in [0.05, 0.1) is 33.0 Å². The van der Waals surface area contributed by atoms with Crippen molar-refractivity contribution in [1.82, 2.24) is 24.8 Å². The number of piperazine rings is 1. The lowest BCUT2D eigenvalue weighted by molar-refractivity contribution is -0.274. The zero-order chi connectivity index (χ0) is 35.4. The minimum Gasteiger partial charge on any atom is -0.406 e. The number of rotatable bonds is 19. The van der Waals surface area contributed by atoms with E-state index in [1.165, 1.54) is 18.2 Å². The average molecular weight is 696 g/mol. The topological polar surface area (TPSA) is 140 Å². The van der Waals surface area contributed by atoms with Gasteiger partial charge in [0.15, 0.2) is 11.6 Å². The molecule has 0 spiro atoms. The molecule has 2 aromatic heterocycles. The molecule has 0 aliphatic carbocycles. The molecule has 18 heteroatoms. The lowest BCUT2D eigenvalue weighted by Gasteiger charge is -2.34. The van der Waals surface area contributed by atoms with Crippen molar-refractivity contribution in [3.05, 3.63) is 29.8 Å². The van der Waals surface area contributed by atoms with Gasteiger partial charge in [-0.1, -0.05) is 12.1 Å². The maximum absolute atomic E-state index is 13.0. The highest BCUT2D eigenvalue weighted by atomic mass is 19.4. The van der Waals surface area contributed by atoms with E-state index in [-0.39, 0.29) is 24.7 Å². The normalized spacial score (nSPS) is 13.7. The van der Waals surface area contributed by atoms with Crippen molar-refractivity contribution >= 4 is 40.5 Å². The molecule has 1 aliphatic rings. The molecule has 3 aromatic rings. The van der Waals surface area contributed by atoms with Gasteiger partial charge < -0.3 is 48.6 Å². The molecule has 1 amide bonds. The first-order chi connectivity index (χ1) is 23.6. The number of methoxy groups -OCH3 is 4. The summed E-state index contributed by atoms with van der Waals surface area (Å²) >= 11 is 0. The van der Waals surface area contributed by atoms with E-state index in [2.05, 4.69) is 10.1 Å². The third-order valence-corrected chi connectivity index (χ3v) is 7.68. The summed E-state index contributed by atoms with van der Waals surface area (Å²) in [6.07, 6.45) is -4.83. The summed E-state index contributed by atoms with van der Waals surface area (Å²) in [7, 11) is 8.14. The second-order valence-electron chi connectivity index (χ2n) is 11.1. The maximum atomic E-state index is 13.0. The number of carbonyl (C=O) groups is 1. The number of amides is 1. The van der Waals surface area contributed by atoms with Gasteiger partial charge in [-0.2, -0.15) is 9.97 Å². The third-order valence-electron chi connectivity index (χ3n) is 7.68. The maximum Gasteiger partial charge on any atom is 0.573 e. The van der Waals surface area contributed by atoms with Crippen molar-refractivity contribution < 1.29 is 41.7 Å². The fourth-order valence-corrected chi connectivity index (χ4v) is 5.01. The Bertz CT molecular complexity index is 1500. The Morgan fingerprint density at radius 2 is 1.39 bits per heavy atom. The summed E-state index contributed by atoms with van der Waals surface area (Å²) in [5.74, 6) is 0.998. The predicted molar refractivity (Wildman–Crippen MR) is 177 cm³/mol. The Balaban J connectivity index is 1.90. The van der Waals surface area contributed by atoms with Crippen molar-refractivity contribution in [2.75, 3.05) is 128 Å². The van der Waals surface area contributed by atoms with E-state index < -0.39 is 6.36 Å². The van der Waals surface area contributed by atoms with E-state index in [0.717, 1.165) is 0 Å².